The standard InChI is InChI=1S/C10H17N3O/c14-9-7-12-13-10(9)11-6-8-4-2-1-3-5-8/h7-8,14H,1-6H2,(H2,11,12,13). The van der Waals surface area contributed by atoms with Gasteiger partial charge in [-0.3, -0.25) is 5.10 Å². The number of nitrogens with zero attached hydrogens (tertiary/aromatic N) is 1. The van der Waals surface area contributed by atoms with Gasteiger partial charge in [0.15, 0.2) is 11.6 Å². The number of hydrogen-bond donors (Lipinski definition) is 3. The minimum Gasteiger partial charge on any atom is -0.503 e. The molecule has 14 heavy (non-hydrogen) atoms. The Kier molecular flexibility index (Phi) is 2.91. The van der Waals surface area contributed by atoms with E-state index >= 15 is 0 Å². The lowest BCUT2D eigenvalue weighted by atomic mass is 9.89. The summed E-state index contributed by atoms with van der Waals surface area (Å²) in [6, 6.07) is 0. The molecule has 0 saturated heterocycles. The number of nitrogens with one attached hydrogen (secondary N) is 2. The second kappa shape index (κ2) is 4.35. The van der Waals surface area contributed by atoms with Crippen LogP contribution in [0.15, 0.2) is 6.20 Å². The summed E-state index contributed by atoms with van der Waals surface area (Å²) in [5.74, 6) is 1.61. The molecule has 3 N–H and O–H groups in total. The molecule has 0 radical (unpaired) electrons. The maximum atomic E-state index is 9.32. The number of aromatic nitrogens is 2. The lowest BCUT2D eigenvalue weighted by Crippen LogP contribution is -2.17. The molecule has 0 atom stereocenters. The smallest absolute Gasteiger partial charge is 0.178 e. The van der Waals surface area contributed by atoms with Crippen molar-refractivity contribution in [3.05, 3.63) is 6.20 Å². The van der Waals surface area contributed by atoms with Gasteiger partial charge in [-0.05, 0) is 18.8 Å². The Morgan fingerprint density at radius 2 is 2.21 bits per heavy atom. The third-order valence-electron chi connectivity index (χ3n) is 2.91. The Bertz CT molecular complexity index is 279. The first-order valence-electron chi connectivity index (χ1n) is 5.32. The van der Waals surface area contributed by atoms with Crippen LogP contribution in [0.25, 0.3) is 0 Å². The molecule has 1 heterocycles. The van der Waals surface area contributed by atoms with Crippen LogP contribution in [0.2, 0.25) is 0 Å². The summed E-state index contributed by atoms with van der Waals surface area (Å²) in [5, 5.41) is 19.0. The van der Waals surface area contributed by atoms with E-state index in [-0.39, 0.29) is 5.75 Å². The first kappa shape index (κ1) is 9.37. The van der Waals surface area contributed by atoms with E-state index in [4.69, 9.17) is 0 Å². The number of rotatable bonds is 3. The van der Waals surface area contributed by atoms with Gasteiger partial charge in [0.05, 0.1) is 6.20 Å². The van der Waals surface area contributed by atoms with Crippen LogP contribution in [-0.2, 0) is 0 Å². The molecule has 1 fully saturated rings. The van der Waals surface area contributed by atoms with E-state index in [1.165, 1.54) is 38.3 Å². The fourth-order valence-electron chi connectivity index (χ4n) is 2.05. The van der Waals surface area contributed by atoms with Gasteiger partial charge in [0.25, 0.3) is 0 Å². The van der Waals surface area contributed by atoms with Crippen LogP contribution in [0.3, 0.4) is 0 Å². The van der Waals surface area contributed by atoms with Crippen LogP contribution in [0.4, 0.5) is 5.82 Å². The Labute approximate surface area is 83.7 Å². The molecule has 1 aromatic rings. The predicted molar refractivity (Wildman–Crippen MR) is 55.3 cm³/mol. The third kappa shape index (κ3) is 2.19. The summed E-state index contributed by atoms with van der Waals surface area (Å²) in [7, 11) is 0. The van der Waals surface area contributed by atoms with Crippen LogP contribution in [0.1, 0.15) is 32.1 Å². The van der Waals surface area contributed by atoms with Gasteiger partial charge in [-0.2, -0.15) is 5.10 Å². The van der Waals surface area contributed by atoms with Gasteiger partial charge in [-0.1, -0.05) is 19.3 Å². The molecule has 0 unspecified atom stereocenters. The van der Waals surface area contributed by atoms with E-state index < -0.39 is 0 Å². The van der Waals surface area contributed by atoms with Crippen molar-refractivity contribution < 1.29 is 5.11 Å². The molecule has 0 bridgehead atoms. The second-order valence-electron chi connectivity index (χ2n) is 4.02. The molecule has 0 aromatic carbocycles. The van der Waals surface area contributed by atoms with Crippen LogP contribution in [-0.4, -0.2) is 21.8 Å². The monoisotopic (exact) mass is 195 g/mol. The Hall–Kier alpha value is -1.19. The summed E-state index contributed by atoms with van der Waals surface area (Å²) in [6.07, 6.45) is 8.11. The largest absolute Gasteiger partial charge is 0.503 e. The van der Waals surface area contributed by atoms with E-state index in [1.807, 2.05) is 0 Å². The highest BCUT2D eigenvalue weighted by molar-refractivity contribution is 5.46. The van der Waals surface area contributed by atoms with E-state index in [1.54, 1.807) is 0 Å². The van der Waals surface area contributed by atoms with Crippen molar-refractivity contribution in [3.63, 3.8) is 0 Å². The van der Waals surface area contributed by atoms with Gasteiger partial charge in [-0.15, -0.1) is 0 Å². The van der Waals surface area contributed by atoms with Crippen molar-refractivity contribution >= 4 is 5.82 Å². The highest BCUT2D eigenvalue weighted by Crippen LogP contribution is 2.25. The summed E-state index contributed by atoms with van der Waals surface area (Å²) in [4.78, 5) is 0. The first-order chi connectivity index (χ1) is 6.86. The molecule has 2 rings (SSSR count). The van der Waals surface area contributed by atoms with Crippen LogP contribution >= 0.6 is 0 Å². The lowest BCUT2D eigenvalue weighted by molar-refractivity contribution is 0.372. The second-order valence-corrected chi connectivity index (χ2v) is 4.02. The topological polar surface area (TPSA) is 60.9 Å². The van der Waals surface area contributed by atoms with E-state index in [0.717, 1.165) is 12.5 Å². The van der Waals surface area contributed by atoms with Gasteiger partial charge in [0.1, 0.15) is 0 Å². The lowest BCUT2D eigenvalue weighted by Gasteiger charge is -2.21. The summed E-state index contributed by atoms with van der Waals surface area (Å²) < 4.78 is 0. The highest BCUT2D eigenvalue weighted by Gasteiger charge is 2.13. The van der Waals surface area contributed by atoms with Crippen molar-refractivity contribution in [1.29, 1.82) is 0 Å². The molecular formula is C10H17N3O. The molecule has 0 amide bonds. The Morgan fingerprint density at radius 1 is 1.43 bits per heavy atom. The van der Waals surface area contributed by atoms with Crippen LogP contribution in [0, 0.1) is 5.92 Å². The van der Waals surface area contributed by atoms with Gasteiger partial charge in [0.2, 0.25) is 0 Å². The van der Waals surface area contributed by atoms with Crippen molar-refractivity contribution in [2.75, 3.05) is 11.9 Å². The quantitative estimate of drug-likeness (QED) is 0.692. The number of H-pyrrole nitrogens is 1. The van der Waals surface area contributed by atoms with Crippen molar-refractivity contribution in [1.82, 2.24) is 10.2 Å². The molecule has 4 nitrogen and oxygen atoms in total. The van der Waals surface area contributed by atoms with Gasteiger partial charge in [-0.25, -0.2) is 0 Å². The molecule has 0 aliphatic heterocycles. The Balaban J connectivity index is 1.79. The van der Waals surface area contributed by atoms with Crippen LogP contribution in [0.5, 0.6) is 5.75 Å². The first-order valence-corrected chi connectivity index (χ1v) is 5.32. The number of aromatic amines is 1. The minimum atomic E-state index is 0.209. The maximum absolute atomic E-state index is 9.32. The zero-order valence-corrected chi connectivity index (χ0v) is 8.29. The average Bonchev–Trinajstić information content (AvgIpc) is 2.63. The van der Waals surface area contributed by atoms with Gasteiger partial charge < -0.3 is 10.4 Å². The molecule has 4 heteroatoms. The van der Waals surface area contributed by atoms with Gasteiger partial charge in [0, 0.05) is 6.54 Å². The molecule has 1 aliphatic rings. The van der Waals surface area contributed by atoms with Crippen LogP contribution < -0.4 is 5.32 Å². The van der Waals surface area contributed by atoms with Crippen molar-refractivity contribution in [2.24, 2.45) is 5.92 Å². The normalized spacial score (nSPS) is 18.3. The fraction of sp³-hybridized carbons (Fsp3) is 0.700. The summed E-state index contributed by atoms with van der Waals surface area (Å²) >= 11 is 0. The summed E-state index contributed by atoms with van der Waals surface area (Å²) in [5.41, 5.74) is 0. The van der Waals surface area contributed by atoms with Crippen molar-refractivity contribution in [3.8, 4) is 5.75 Å². The predicted octanol–water partition coefficient (Wildman–Crippen LogP) is 2.11. The fourth-order valence-corrected chi connectivity index (χ4v) is 2.05. The maximum Gasteiger partial charge on any atom is 0.178 e. The van der Waals surface area contributed by atoms with E-state index in [2.05, 4.69) is 15.5 Å². The molecule has 1 aromatic heterocycles. The average molecular weight is 195 g/mol. The molecular weight excluding hydrogens is 178 g/mol. The minimum absolute atomic E-state index is 0.209. The number of aromatic hydroxyl groups is 1. The highest BCUT2D eigenvalue weighted by atomic mass is 16.3. The SMILES string of the molecule is Oc1cn[nH]c1NCC1CCCCC1. The van der Waals surface area contributed by atoms with E-state index in [0.29, 0.717) is 5.82 Å². The zero-order valence-electron chi connectivity index (χ0n) is 8.29. The number of anilines is 1. The Morgan fingerprint density at radius 3 is 2.86 bits per heavy atom. The molecule has 0 spiro atoms. The number of hydrogen-bond acceptors (Lipinski definition) is 3. The molecule has 78 valence electrons. The molecule has 1 aliphatic carbocycles. The van der Waals surface area contributed by atoms with Crippen molar-refractivity contribution in [2.45, 2.75) is 32.1 Å². The molecule has 1 saturated carbocycles. The van der Waals surface area contributed by atoms with Gasteiger partial charge >= 0.3 is 0 Å². The zero-order chi connectivity index (χ0) is 9.80. The third-order valence-corrected chi connectivity index (χ3v) is 2.91. The summed E-state index contributed by atoms with van der Waals surface area (Å²) in [6.45, 7) is 0.940. The van der Waals surface area contributed by atoms with E-state index in [9.17, 15) is 5.11 Å².